The summed E-state index contributed by atoms with van der Waals surface area (Å²) in [6.45, 7) is 9.71. The third-order valence-electron chi connectivity index (χ3n) is 4.89. The van der Waals surface area contributed by atoms with E-state index in [-0.39, 0.29) is 44.9 Å². The number of hydrogen-bond donors (Lipinski definition) is 1. The summed E-state index contributed by atoms with van der Waals surface area (Å²) < 4.78 is 46.7. The standard InChI is InChI=1S/C22H23F3N4O4S/c1-7-33-20(32)16-10(2)17(11(3)30)34-19(16)27-18(31)12-8-15-26-13(21(4,5)6)9-14(22(23,24)25)29(15)28-12/h8-9H,7H2,1-6H3,(H,27,31). The molecule has 8 nitrogen and oxygen atoms in total. The van der Waals surface area contributed by atoms with E-state index in [0.717, 1.165) is 23.5 Å². The van der Waals surface area contributed by atoms with Crippen molar-refractivity contribution < 1.29 is 32.3 Å². The molecule has 12 heteroatoms. The number of thiophene rings is 1. The summed E-state index contributed by atoms with van der Waals surface area (Å²) in [4.78, 5) is 41.8. The predicted molar refractivity (Wildman–Crippen MR) is 120 cm³/mol. The number of ketones is 1. The second kappa shape index (κ2) is 8.82. The van der Waals surface area contributed by atoms with Gasteiger partial charge in [-0.2, -0.15) is 18.3 Å². The van der Waals surface area contributed by atoms with Crippen molar-refractivity contribution in [3.05, 3.63) is 45.2 Å². The maximum absolute atomic E-state index is 13.7. The maximum atomic E-state index is 13.7. The molecule has 0 saturated carbocycles. The molecule has 0 fully saturated rings. The largest absolute Gasteiger partial charge is 0.462 e. The number of alkyl halides is 3. The first kappa shape index (κ1) is 25.3. The third-order valence-corrected chi connectivity index (χ3v) is 6.20. The van der Waals surface area contributed by atoms with Gasteiger partial charge < -0.3 is 10.1 Å². The number of aromatic nitrogens is 3. The van der Waals surface area contributed by atoms with E-state index in [9.17, 15) is 27.6 Å². The number of anilines is 1. The van der Waals surface area contributed by atoms with Crippen LogP contribution in [0.4, 0.5) is 18.2 Å². The quantitative estimate of drug-likeness (QED) is 0.392. The fourth-order valence-corrected chi connectivity index (χ4v) is 4.31. The fourth-order valence-electron chi connectivity index (χ4n) is 3.23. The van der Waals surface area contributed by atoms with Crippen molar-refractivity contribution in [2.24, 2.45) is 0 Å². The van der Waals surface area contributed by atoms with Gasteiger partial charge in [0, 0.05) is 11.5 Å². The zero-order valence-electron chi connectivity index (χ0n) is 19.4. The summed E-state index contributed by atoms with van der Waals surface area (Å²) in [7, 11) is 0. The Hall–Kier alpha value is -3.28. The number of rotatable bonds is 5. The molecule has 1 amide bonds. The van der Waals surface area contributed by atoms with E-state index in [1.807, 2.05) is 0 Å². The highest BCUT2D eigenvalue weighted by molar-refractivity contribution is 7.18. The minimum absolute atomic E-state index is 0.0123. The predicted octanol–water partition coefficient (Wildman–Crippen LogP) is 5.05. The number of carbonyl (C=O) groups excluding carboxylic acids is 3. The number of halogens is 3. The van der Waals surface area contributed by atoms with Crippen LogP contribution >= 0.6 is 11.3 Å². The molecule has 34 heavy (non-hydrogen) atoms. The zero-order valence-corrected chi connectivity index (χ0v) is 20.2. The van der Waals surface area contributed by atoms with Crippen LogP contribution in [0.3, 0.4) is 0 Å². The summed E-state index contributed by atoms with van der Waals surface area (Å²) in [6.07, 6.45) is -4.74. The summed E-state index contributed by atoms with van der Waals surface area (Å²) in [5.74, 6) is -1.90. The molecule has 3 aromatic heterocycles. The van der Waals surface area contributed by atoms with Crippen molar-refractivity contribution >= 4 is 39.6 Å². The van der Waals surface area contributed by atoms with Gasteiger partial charge in [0.05, 0.1) is 22.7 Å². The number of Topliss-reactive ketones (excluding diaryl/α,β-unsaturated/α-hetero) is 1. The monoisotopic (exact) mass is 496 g/mol. The molecule has 1 N–H and O–H groups in total. The number of fused-ring (bicyclic) bond motifs is 1. The first-order chi connectivity index (χ1) is 15.6. The molecule has 0 saturated heterocycles. The van der Waals surface area contributed by atoms with Gasteiger partial charge in [0.15, 0.2) is 17.1 Å². The number of amides is 1. The average Bonchev–Trinajstić information content (AvgIpc) is 3.27. The Bertz CT molecular complexity index is 1300. The normalized spacial score (nSPS) is 12.1. The Morgan fingerprint density at radius 2 is 1.82 bits per heavy atom. The molecule has 182 valence electrons. The maximum Gasteiger partial charge on any atom is 0.433 e. The van der Waals surface area contributed by atoms with Crippen molar-refractivity contribution in [1.82, 2.24) is 14.6 Å². The number of carbonyl (C=O) groups is 3. The Kier molecular flexibility index (Phi) is 6.57. The lowest BCUT2D eigenvalue weighted by Gasteiger charge is -2.19. The van der Waals surface area contributed by atoms with Gasteiger partial charge in [-0.1, -0.05) is 20.8 Å². The molecular weight excluding hydrogens is 473 g/mol. The van der Waals surface area contributed by atoms with Crippen LogP contribution in [0.2, 0.25) is 0 Å². The van der Waals surface area contributed by atoms with Crippen LogP contribution < -0.4 is 5.32 Å². The van der Waals surface area contributed by atoms with Crippen LogP contribution in [0, 0.1) is 6.92 Å². The number of ether oxygens (including phenoxy) is 1. The minimum atomic E-state index is -4.74. The van der Waals surface area contributed by atoms with Gasteiger partial charge in [0.25, 0.3) is 5.91 Å². The Morgan fingerprint density at radius 3 is 2.35 bits per heavy atom. The van der Waals surface area contributed by atoms with E-state index in [4.69, 9.17) is 4.74 Å². The molecule has 0 radical (unpaired) electrons. The molecule has 0 unspecified atom stereocenters. The van der Waals surface area contributed by atoms with Crippen molar-refractivity contribution in [2.75, 3.05) is 11.9 Å². The minimum Gasteiger partial charge on any atom is -0.462 e. The Labute approximate surface area is 197 Å². The van der Waals surface area contributed by atoms with Crippen LogP contribution in [0.1, 0.15) is 82.1 Å². The van der Waals surface area contributed by atoms with Gasteiger partial charge in [0.1, 0.15) is 10.7 Å². The molecule has 3 aromatic rings. The van der Waals surface area contributed by atoms with Crippen LogP contribution in [-0.4, -0.2) is 38.9 Å². The third kappa shape index (κ3) is 4.81. The number of esters is 1. The first-order valence-electron chi connectivity index (χ1n) is 10.3. The van der Waals surface area contributed by atoms with E-state index in [2.05, 4.69) is 15.4 Å². The van der Waals surface area contributed by atoms with Crippen molar-refractivity contribution in [3.63, 3.8) is 0 Å². The van der Waals surface area contributed by atoms with E-state index in [1.54, 1.807) is 34.6 Å². The number of nitrogens with zero attached hydrogens (tertiary/aromatic N) is 3. The number of nitrogens with one attached hydrogen (secondary N) is 1. The van der Waals surface area contributed by atoms with Gasteiger partial charge in [-0.05, 0) is 32.4 Å². The highest BCUT2D eigenvalue weighted by atomic mass is 32.1. The van der Waals surface area contributed by atoms with Gasteiger partial charge in [-0.15, -0.1) is 11.3 Å². The molecule has 0 aromatic carbocycles. The first-order valence-corrected chi connectivity index (χ1v) is 11.1. The molecule has 0 aliphatic carbocycles. The second-order valence-corrected chi connectivity index (χ2v) is 9.59. The SMILES string of the molecule is CCOC(=O)c1c(NC(=O)c2cc3nc(C(C)(C)C)cc(C(F)(F)F)n3n2)sc(C(C)=O)c1C. The van der Waals surface area contributed by atoms with Crippen molar-refractivity contribution in [2.45, 2.75) is 53.1 Å². The lowest BCUT2D eigenvalue weighted by molar-refractivity contribution is -0.142. The lowest BCUT2D eigenvalue weighted by Crippen LogP contribution is -2.20. The zero-order chi connectivity index (χ0) is 25.6. The highest BCUT2D eigenvalue weighted by Gasteiger charge is 2.37. The van der Waals surface area contributed by atoms with Crippen molar-refractivity contribution in [3.8, 4) is 0 Å². The van der Waals surface area contributed by atoms with E-state index >= 15 is 0 Å². The second-order valence-electron chi connectivity index (χ2n) is 8.57. The highest BCUT2D eigenvalue weighted by Crippen LogP contribution is 2.35. The van der Waals surface area contributed by atoms with Gasteiger partial charge in [0.2, 0.25) is 0 Å². The molecular formula is C22H23F3N4O4S. The van der Waals surface area contributed by atoms with E-state index in [0.29, 0.717) is 10.1 Å². The summed E-state index contributed by atoms with van der Waals surface area (Å²) in [5, 5.41) is 6.35. The van der Waals surface area contributed by atoms with Gasteiger partial charge in [-0.25, -0.2) is 14.3 Å². The molecule has 3 heterocycles. The fraction of sp³-hybridized carbons (Fsp3) is 0.409. The summed E-state index contributed by atoms with van der Waals surface area (Å²) in [6, 6.07) is 2.04. The molecule has 0 bridgehead atoms. The van der Waals surface area contributed by atoms with E-state index < -0.39 is 29.2 Å². The number of hydrogen-bond acceptors (Lipinski definition) is 7. The van der Waals surface area contributed by atoms with Gasteiger partial charge >= 0.3 is 12.1 Å². The van der Waals surface area contributed by atoms with Crippen LogP contribution in [0.5, 0.6) is 0 Å². The molecule has 0 atom stereocenters. The van der Waals surface area contributed by atoms with Crippen LogP contribution in [0.15, 0.2) is 12.1 Å². The molecule has 0 aliphatic heterocycles. The topological polar surface area (TPSA) is 103 Å². The molecule has 0 aliphatic rings. The van der Waals surface area contributed by atoms with Gasteiger partial charge in [-0.3, -0.25) is 9.59 Å². The van der Waals surface area contributed by atoms with Crippen molar-refractivity contribution in [1.29, 1.82) is 0 Å². The molecule has 0 spiro atoms. The molecule has 3 rings (SSSR count). The Morgan fingerprint density at radius 1 is 1.18 bits per heavy atom. The van der Waals surface area contributed by atoms with E-state index in [1.165, 1.54) is 6.92 Å². The summed E-state index contributed by atoms with van der Waals surface area (Å²) in [5.41, 5.74) is -1.70. The van der Waals surface area contributed by atoms with Crippen LogP contribution in [-0.2, 0) is 16.3 Å². The average molecular weight is 497 g/mol. The smallest absolute Gasteiger partial charge is 0.433 e. The van der Waals surface area contributed by atoms with Crippen LogP contribution in [0.25, 0.3) is 5.65 Å². The Balaban J connectivity index is 2.09. The lowest BCUT2D eigenvalue weighted by atomic mass is 9.91. The summed E-state index contributed by atoms with van der Waals surface area (Å²) >= 11 is 0.879.